The molecule has 3 rings (SSSR count). The minimum absolute atomic E-state index is 0.192. The van der Waals surface area contributed by atoms with Crippen LogP contribution in [0, 0.1) is 12.7 Å². The third-order valence-electron chi connectivity index (χ3n) is 3.54. The lowest BCUT2D eigenvalue weighted by Gasteiger charge is -2.05. The zero-order chi connectivity index (χ0) is 14.7. The van der Waals surface area contributed by atoms with Gasteiger partial charge in [0.15, 0.2) is 0 Å². The van der Waals surface area contributed by atoms with E-state index in [0.717, 1.165) is 40.9 Å². The van der Waals surface area contributed by atoms with E-state index < -0.39 is 0 Å². The molecular formula is C17H16FN3. The Bertz CT molecular complexity index is 735. The maximum absolute atomic E-state index is 13.2. The maximum Gasteiger partial charge on any atom is 0.123 e. The Hall–Kier alpha value is -2.49. The molecule has 106 valence electrons. The fraction of sp³-hybridized carbons (Fsp3) is 0.176. The quantitative estimate of drug-likeness (QED) is 0.792. The van der Waals surface area contributed by atoms with Gasteiger partial charge < -0.3 is 0 Å². The van der Waals surface area contributed by atoms with Crippen molar-refractivity contribution in [3.8, 4) is 11.1 Å². The summed E-state index contributed by atoms with van der Waals surface area (Å²) in [5.74, 6) is -0.192. The number of aromatic nitrogens is 3. The van der Waals surface area contributed by atoms with Crippen molar-refractivity contribution in [3.63, 3.8) is 0 Å². The van der Waals surface area contributed by atoms with E-state index in [0.29, 0.717) is 0 Å². The molecule has 0 aliphatic heterocycles. The molecule has 2 aromatic heterocycles. The summed E-state index contributed by atoms with van der Waals surface area (Å²) < 4.78 is 13.2. The molecule has 0 unspecified atom stereocenters. The van der Waals surface area contributed by atoms with Crippen LogP contribution in [-0.2, 0) is 12.8 Å². The van der Waals surface area contributed by atoms with Crippen LogP contribution in [0.4, 0.5) is 4.39 Å². The molecule has 21 heavy (non-hydrogen) atoms. The van der Waals surface area contributed by atoms with Crippen LogP contribution >= 0.6 is 0 Å². The summed E-state index contributed by atoms with van der Waals surface area (Å²) in [7, 11) is 0. The molecule has 1 N–H and O–H groups in total. The van der Waals surface area contributed by atoms with E-state index in [4.69, 9.17) is 0 Å². The van der Waals surface area contributed by atoms with Gasteiger partial charge in [0.05, 0.1) is 5.69 Å². The number of nitrogens with one attached hydrogen (secondary N) is 1. The number of pyridine rings is 1. The molecule has 1 aromatic carbocycles. The van der Waals surface area contributed by atoms with Crippen LogP contribution in [0.1, 0.15) is 17.0 Å². The second-order valence-corrected chi connectivity index (χ2v) is 5.03. The Morgan fingerprint density at radius 2 is 1.90 bits per heavy atom. The van der Waals surface area contributed by atoms with Crippen molar-refractivity contribution in [2.45, 2.75) is 19.8 Å². The Morgan fingerprint density at radius 1 is 1.10 bits per heavy atom. The van der Waals surface area contributed by atoms with Gasteiger partial charge in [-0.05, 0) is 55.2 Å². The van der Waals surface area contributed by atoms with E-state index in [2.05, 4.69) is 15.2 Å². The van der Waals surface area contributed by atoms with Crippen LogP contribution in [0.5, 0.6) is 0 Å². The van der Waals surface area contributed by atoms with Crippen LogP contribution < -0.4 is 0 Å². The molecule has 0 atom stereocenters. The van der Waals surface area contributed by atoms with Gasteiger partial charge in [-0.1, -0.05) is 12.1 Å². The van der Waals surface area contributed by atoms with E-state index in [-0.39, 0.29) is 5.82 Å². The first-order valence-electron chi connectivity index (χ1n) is 6.93. The molecule has 2 heterocycles. The average Bonchev–Trinajstić information content (AvgIpc) is 2.87. The maximum atomic E-state index is 13.2. The largest absolute Gasteiger partial charge is 0.282 e. The highest BCUT2D eigenvalue weighted by molar-refractivity contribution is 5.67. The Labute approximate surface area is 122 Å². The standard InChI is InChI=1S/C17H16FN3/c1-12-17(14-7-9-19-10-8-14)16(21-20-12)6-5-13-3-2-4-15(18)11-13/h2-4,7-11H,5-6H2,1H3,(H,20,21). The van der Waals surface area contributed by atoms with Gasteiger partial charge in [-0.25, -0.2) is 4.39 Å². The minimum Gasteiger partial charge on any atom is -0.282 e. The van der Waals surface area contributed by atoms with Gasteiger partial charge in [-0.15, -0.1) is 0 Å². The van der Waals surface area contributed by atoms with E-state index in [1.807, 2.05) is 25.1 Å². The van der Waals surface area contributed by atoms with Crippen molar-refractivity contribution in [3.05, 3.63) is 71.6 Å². The molecule has 3 nitrogen and oxygen atoms in total. The highest BCUT2D eigenvalue weighted by atomic mass is 19.1. The molecule has 3 aromatic rings. The minimum atomic E-state index is -0.192. The summed E-state index contributed by atoms with van der Waals surface area (Å²) in [4.78, 5) is 4.05. The molecule has 0 aliphatic rings. The predicted molar refractivity (Wildman–Crippen MR) is 80.4 cm³/mol. The second-order valence-electron chi connectivity index (χ2n) is 5.03. The molecule has 0 radical (unpaired) electrons. The van der Waals surface area contributed by atoms with Crippen LogP contribution in [0.3, 0.4) is 0 Å². The van der Waals surface area contributed by atoms with Crippen LogP contribution in [-0.4, -0.2) is 15.2 Å². The van der Waals surface area contributed by atoms with Gasteiger partial charge in [-0.3, -0.25) is 10.1 Å². The number of rotatable bonds is 4. The summed E-state index contributed by atoms with van der Waals surface area (Å²) in [5, 5.41) is 7.40. The first-order chi connectivity index (χ1) is 10.2. The first-order valence-corrected chi connectivity index (χ1v) is 6.93. The third-order valence-corrected chi connectivity index (χ3v) is 3.54. The SMILES string of the molecule is Cc1n[nH]c(CCc2cccc(F)c2)c1-c1ccncc1. The highest BCUT2D eigenvalue weighted by Crippen LogP contribution is 2.26. The van der Waals surface area contributed by atoms with Crippen molar-refractivity contribution in [1.82, 2.24) is 15.2 Å². The molecule has 4 heteroatoms. The monoisotopic (exact) mass is 281 g/mol. The molecule has 0 bridgehead atoms. The van der Waals surface area contributed by atoms with Crippen molar-refractivity contribution >= 4 is 0 Å². The lowest BCUT2D eigenvalue weighted by atomic mass is 10.0. The summed E-state index contributed by atoms with van der Waals surface area (Å²) >= 11 is 0. The zero-order valence-corrected chi connectivity index (χ0v) is 11.8. The van der Waals surface area contributed by atoms with E-state index in [9.17, 15) is 4.39 Å². The van der Waals surface area contributed by atoms with Gasteiger partial charge in [0.2, 0.25) is 0 Å². The topological polar surface area (TPSA) is 41.6 Å². The molecular weight excluding hydrogens is 265 g/mol. The van der Waals surface area contributed by atoms with Crippen LogP contribution in [0.15, 0.2) is 48.8 Å². The van der Waals surface area contributed by atoms with Crippen molar-refractivity contribution in [2.75, 3.05) is 0 Å². The van der Waals surface area contributed by atoms with Gasteiger partial charge in [-0.2, -0.15) is 5.10 Å². The summed E-state index contributed by atoms with van der Waals surface area (Å²) in [5.41, 5.74) is 5.25. The van der Waals surface area contributed by atoms with E-state index >= 15 is 0 Å². The summed E-state index contributed by atoms with van der Waals surface area (Å²) in [6, 6.07) is 10.7. The second kappa shape index (κ2) is 5.87. The number of nitrogens with zero attached hydrogens (tertiary/aromatic N) is 2. The van der Waals surface area contributed by atoms with Gasteiger partial charge >= 0.3 is 0 Å². The number of hydrogen-bond donors (Lipinski definition) is 1. The van der Waals surface area contributed by atoms with Gasteiger partial charge in [0.25, 0.3) is 0 Å². The summed E-state index contributed by atoms with van der Waals surface area (Å²) in [6.45, 7) is 1.98. The lowest BCUT2D eigenvalue weighted by molar-refractivity contribution is 0.625. The lowest BCUT2D eigenvalue weighted by Crippen LogP contribution is -1.95. The number of aromatic amines is 1. The number of H-pyrrole nitrogens is 1. The Morgan fingerprint density at radius 3 is 2.67 bits per heavy atom. The van der Waals surface area contributed by atoms with Crippen molar-refractivity contribution in [2.24, 2.45) is 0 Å². The smallest absolute Gasteiger partial charge is 0.123 e. The molecule has 0 aliphatic carbocycles. The van der Waals surface area contributed by atoms with Crippen molar-refractivity contribution < 1.29 is 4.39 Å². The normalized spacial score (nSPS) is 10.8. The molecule has 0 spiro atoms. The van der Waals surface area contributed by atoms with E-state index in [1.54, 1.807) is 24.5 Å². The van der Waals surface area contributed by atoms with E-state index in [1.165, 1.54) is 6.07 Å². The fourth-order valence-electron chi connectivity index (χ4n) is 2.53. The molecule has 0 saturated carbocycles. The Balaban J connectivity index is 1.84. The molecule has 0 amide bonds. The highest BCUT2D eigenvalue weighted by Gasteiger charge is 2.12. The Kier molecular flexibility index (Phi) is 3.77. The number of hydrogen-bond acceptors (Lipinski definition) is 2. The fourth-order valence-corrected chi connectivity index (χ4v) is 2.53. The predicted octanol–water partition coefficient (Wildman–Crippen LogP) is 3.70. The first kappa shape index (κ1) is 13.5. The number of halogens is 1. The zero-order valence-electron chi connectivity index (χ0n) is 11.8. The number of benzene rings is 1. The van der Waals surface area contributed by atoms with Crippen LogP contribution in [0.2, 0.25) is 0 Å². The average molecular weight is 281 g/mol. The number of aryl methyl sites for hydroxylation is 3. The summed E-state index contributed by atoms with van der Waals surface area (Å²) in [6.07, 6.45) is 5.12. The molecule has 0 fully saturated rings. The molecule has 0 saturated heterocycles. The van der Waals surface area contributed by atoms with Crippen LogP contribution in [0.25, 0.3) is 11.1 Å². The van der Waals surface area contributed by atoms with Crippen molar-refractivity contribution in [1.29, 1.82) is 0 Å². The van der Waals surface area contributed by atoms with Gasteiger partial charge in [0.1, 0.15) is 5.82 Å². The third kappa shape index (κ3) is 2.99. The van der Waals surface area contributed by atoms with Gasteiger partial charge in [0, 0.05) is 23.7 Å².